The van der Waals surface area contributed by atoms with Gasteiger partial charge in [-0.15, -0.1) is 0 Å². The van der Waals surface area contributed by atoms with E-state index in [1.54, 1.807) is 41.3 Å². The van der Waals surface area contributed by atoms with E-state index >= 15 is 0 Å². The molecule has 2 N–H and O–H groups in total. The number of nitrogens with zero attached hydrogens (tertiary/aromatic N) is 3. The van der Waals surface area contributed by atoms with Gasteiger partial charge < -0.3 is 15.5 Å². The molecule has 0 radical (unpaired) electrons. The van der Waals surface area contributed by atoms with Crippen molar-refractivity contribution in [3.05, 3.63) is 64.7 Å². The van der Waals surface area contributed by atoms with E-state index in [-0.39, 0.29) is 29.7 Å². The van der Waals surface area contributed by atoms with E-state index in [0.717, 1.165) is 6.42 Å². The third kappa shape index (κ3) is 3.97. The molecule has 33 heavy (non-hydrogen) atoms. The van der Waals surface area contributed by atoms with Crippen LogP contribution in [0.3, 0.4) is 0 Å². The Morgan fingerprint density at radius 2 is 2.00 bits per heavy atom. The number of benzene rings is 2. The highest BCUT2D eigenvalue weighted by Gasteiger charge is 2.38. The number of hydrogen-bond donors (Lipinski definition) is 2. The van der Waals surface area contributed by atoms with Crippen LogP contribution in [0.15, 0.2) is 53.6 Å². The van der Waals surface area contributed by atoms with Crippen molar-refractivity contribution in [3.8, 4) is 0 Å². The average molecular weight is 445 g/mol. The predicted octanol–water partition coefficient (Wildman–Crippen LogP) is 2.37. The number of carbonyl (C=O) groups excluding carboxylic acids is 3. The van der Waals surface area contributed by atoms with Gasteiger partial charge in [-0.25, -0.2) is 4.98 Å². The van der Waals surface area contributed by atoms with Crippen molar-refractivity contribution in [2.75, 3.05) is 17.2 Å². The van der Waals surface area contributed by atoms with Gasteiger partial charge in [-0.3, -0.25) is 23.7 Å². The van der Waals surface area contributed by atoms with Gasteiger partial charge in [0.1, 0.15) is 6.04 Å². The molecule has 0 spiro atoms. The molecule has 168 valence electrons. The Kier molecular flexibility index (Phi) is 5.37. The van der Waals surface area contributed by atoms with Crippen molar-refractivity contribution in [1.29, 1.82) is 0 Å². The van der Waals surface area contributed by atoms with Gasteiger partial charge in [0.15, 0.2) is 0 Å². The van der Waals surface area contributed by atoms with Crippen molar-refractivity contribution in [2.24, 2.45) is 0 Å². The van der Waals surface area contributed by atoms with Crippen LogP contribution in [0.1, 0.15) is 36.0 Å². The fourth-order valence-corrected chi connectivity index (χ4v) is 4.46. The maximum Gasteiger partial charge on any atom is 0.261 e. The van der Waals surface area contributed by atoms with Gasteiger partial charge in [-0.05, 0) is 49.6 Å². The molecule has 0 unspecified atom stereocenters. The second-order valence-corrected chi connectivity index (χ2v) is 8.32. The van der Waals surface area contributed by atoms with E-state index in [9.17, 15) is 19.2 Å². The summed E-state index contributed by atoms with van der Waals surface area (Å²) in [5.41, 5.74) is 1.83. The van der Waals surface area contributed by atoms with E-state index in [1.165, 1.54) is 10.9 Å². The first-order valence-corrected chi connectivity index (χ1v) is 11.0. The van der Waals surface area contributed by atoms with Crippen LogP contribution in [-0.2, 0) is 16.1 Å². The van der Waals surface area contributed by atoms with Gasteiger partial charge >= 0.3 is 0 Å². The second kappa shape index (κ2) is 8.50. The summed E-state index contributed by atoms with van der Waals surface area (Å²) in [6.07, 6.45) is 3.62. The molecule has 0 bridgehead atoms. The zero-order valence-electron chi connectivity index (χ0n) is 17.9. The number of anilines is 2. The van der Waals surface area contributed by atoms with Crippen LogP contribution in [0.5, 0.6) is 0 Å². The Bertz CT molecular complexity index is 1330. The van der Waals surface area contributed by atoms with Gasteiger partial charge in [0.25, 0.3) is 11.5 Å². The van der Waals surface area contributed by atoms with Crippen molar-refractivity contribution in [1.82, 2.24) is 14.5 Å². The fourth-order valence-electron chi connectivity index (χ4n) is 4.46. The number of rotatable bonds is 5. The van der Waals surface area contributed by atoms with Crippen LogP contribution in [0.4, 0.5) is 11.4 Å². The molecule has 2 aliphatic rings. The summed E-state index contributed by atoms with van der Waals surface area (Å²) in [5, 5.41) is 6.18. The van der Waals surface area contributed by atoms with Crippen molar-refractivity contribution in [2.45, 2.75) is 38.3 Å². The van der Waals surface area contributed by atoms with Gasteiger partial charge in [-0.2, -0.15) is 0 Å². The number of carbonyl (C=O) groups is 3. The molecule has 9 heteroatoms. The van der Waals surface area contributed by atoms with Crippen LogP contribution in [0.2, 0.25) is 0 Å². The zero-order valence-corrected chi connectivity index (χ0v) is 17.9. The predicted molar refractivity (Wildman–Crippen MR) is 123 cm³/mol. The van der Waals surface area contributed by atoms with Crippen LogP contribution < -0.4 is 16.2 Å². The highest BCUT2D eigenvalue weighted by atomic mass is 16.2. The Morgan fingerprint density at radius 3 is 2.88 bits per heavy atom. The van der Waals surface area contributed by atoms with E-state index < -0.39 is 6.04 Å². The van der Waals surface area contributed by atoms with Crippen LogP contribution in [0.25, 0.3) is 10.9 Å². The topological polar surface area (TPSA) is 113 Å². The summed E-state index contributed by atoms with van der Waals surface area (Å²) in [5.74, 6) is -0.596. The molecule has 3 aromatic rings. The lowest BCUT2D eigenvalue weighted by molar-refractivity contribution is -0.119. The Balaban J connectivity index is 1.24. The van der Waals surface area contributed by atoms with E-state index in [2.05, 4.69) is 15.6 Å². The molecule has 1 aromatic heterocycles. The molecule has 0 aliphatic carbocycles. The van der Waals surface area contributed by atoms with Gasteiger partial charge in [-0.1, -0.05) is 12.1 Å². The molecular weight excluding hydrogens is 422 g/mol. The number of aryl methyl sites for hydroxylation is 1. The molecule has 2 aromatic carbocycles. The van der Waals surface area contributed by atoms with E-state index in [1.807, 2.05) is 6.07 Å². The maximum atomic E-state index is 12.9. The normalized spacial score (nSPS) is 17.3. The minimum Gasteiger partial charge on any atom is -0.327 e. The molecule has 2 aliphatic heterocycles. The lowest BCUT2D eigenvalue weighted by Gasteiger charge is -2.20. The molecule has 3 amide bonds. The second-order valence-electron chi connectivity index (χ2n) is 8.32. The van der Waals surface area contributed by atoms with Crippen LogP contribution in [0, 0.1) is 0 Å². The Hall–Kier alpha value is -4.01. The largest absolute Gasteiger partial charge is 0.327 e. The molecule has 0 saturated carbocycles. The van der Waals surface area contributed by atoms with Gasteiger partial charge in [0, 0.05) is 25.2 Å². The molecule has 3 heterocycles. The summed E-state index contributed by atoms with van der Waals surface area (Å²) in [6, 6.07) is 11.6. The smallest absolute Gasteiger partial charge is 0.261 e. The number of fused-ring (bicyclic) bond motifs is 3. The lowest BCUT2D eigenvalue weighted by atomic mass is 10.1. The monoisotopic (exact) mass is 445 g/mol. The van der Waals surface area contributed by atoms with Crippen LogP contribution >= 0.6 is 0 Å². The van der Waals surface area contributed by atoms with Crippen molar-refractivity contribution >= 4 is 40.0 Å². The highest BCUT2D eigenvalue weighted by molar-refractivity contribution is 6.11. The third-order valence-corrected chi connectivity index (χ3v) is 6.14. The van der Waals surface area contributed by atoms with E-state index in [4.69, 9.17) is 0 Å². The number of para-hydroxylation sites is 1. The van der Waals surface area contributed by atoms with Gasteiger partial charge in [0.05, 0.1) is 28.5 Å². The zero-order chi connectivity index (χ0) is 22.9. The Labute approximate surface area is 189 Å². The standard InChI is InChI=1S/C24H23N5O4/c30-21(8-4-11-28-14-25-18-6-2-1-5-16(18)23(28)32)26-15-9-10-19-17(13-15)24(33)29-12-3-7-20(29)22(31)27-19/h1-2,5-6,9-10,13-14,20H,3-4,7-8,11-12H2,(H,26,30)(H,27,31)/t20-/m1/s1. The molecular formula is C24H23N5O4. The summed E-state index contributed by atoms with van der Waals surface area (Å²) in [6.45, 7) is 0.922. The number of nitrogens with one attached hydrogen (secondary N) is 2. The fraction of sp³-hybridized carbons (Fsp3) is 0.292. The third-order valence-electron chi connectivity index (χ3n) is 6.14. The van der Waals surface area contributed by atoms with Crippen molar-refractivity contribution < 1.29 is 14.4 Å². The van der Waals surface area contributed by atoms with Crippen molar-refractivity contribution in [3.63, 3.8) is 0 Å². The summed E-state index contributed by atoms with van der Waals surface area (Å²) in [7, 11) is 0. The average Bonchev–Trinajstić information content (AvgIpc) is 3.28. The molecule has 9 nitrogen and oxygen atoms in total. The first-order valence-electron chi connectivity index (χ1n) is 11.0. The summed E-state index contributed by atoms with van der Waals surface area (Å²) < 4.78 is 1.51. The highest BCUT2D eigenvalue weighted by Crippen LogP contribution is 2.30. The molecule has 1 atom stereocenters. The number of aromatic nitrogens is 2. The lowest BCUT2D eigenvalue weighted by Crippen LogP contribution is -2.40. The number of amides is 3. The Morgan fingerprint density at radius 1 is 1.15 bits per heavy atom. The quantitative estimate of drug-likeness (QED) is 0.626. The molecule has 5 rings (SSSR count). The first kappa shape index (κ1) is 20.9. The minimum atomic E-state index is -0.434. The van der Waals surface area contributed by atoms with Crippen LogP contribution in [-0.4, -0.2) is 44.8 Å². The molecule has 1 saturated heterocycles. The summed E-state index contributed by atoms with van der Waals surface area (Å²) in [4.78, 5) is 56.2. The number of hydrogen-bond acceptors (Lipinski definition) is 5. The van der Waals surface area contributed by atoms with E-state index in [0.29, 0.717) is 53.8 Å². The minimum absolute atomic E-state index is 0.132. The maximum absolute atomic E-state index is 12.9. The SMILES string of the molecule is O=C(CCCn1cnc2ccccc2c1=O)Nc1ccc2c(c1)C(=O)N1CCC[C@@H]1C(=O)N2. The summed E-state index contributed by atoms with van der Waals surface area (Å²) >= 11 is 0. The first-order chi connectivity index (χ1) is 16.0. The molecule has 1 fully saturated rings. The van der Waals surface area contributed by atoms with Gasteiger partial charge in [0.2, 0.25) is 11.8 Å².